The molecule has 0 unspecified atom stereocenters. The largest absolute Gasteiger partial charge is 0.443 e. The second-order valence-electron chi connectivity index (χ2n) is 12.4. The molecule has 0 bridgehead atoms. The van der Waals surface area contributed by atoms with E-state index >= 15 is 0 Å². The van der Waals surface area contributed by atoms with Gasteiger partial charge in [-0.2, -0.15) is 0 Å². The van der Waals surface area contributed by atoms with Gasteiger partial charge in [-0.15, -0.1) is 0 Å². The monoisotopic (exact) mass is 626 g/mol. The zero-order chi connectivity index (χ0) is 31.8. The SMILES string of the molecule is Cc1ccc(Nc2c(NS(=O)(=O)C3CC(OCc4ccccc4)C3)c3n(c(=O)c2C)CCN3C(=O)OC(C)(C)C)c(CF)c1. The predicted molar refractivity (Wildman–Crippen MR) is 169 cm³/mol. The van der Waals surface area contributed by atoms with Crippen LogP contribution in [0.3, 0.4) is 0 Å². The van der Waals surface area contributed by atoms with Gasteiger partial charge in [0.2, 0.25) is 10.0 Å². The first-order valence-electron chi connectivity index (χ1n) is 14.6. The third kappa shape index (κ3) is 6.61. The number of benzene rings is 2. The van der Waals surface area contributed by atoms with Gasteiger partial charge in [-0.1, -0.05) is 48.0 Å². The highest BCUT2D eigenvalue weighted by Gasteiger charge is 2.42. The molecule has 0 saturated heterocycles. The number of alkyl halides is 1. The van der Waals surface area contributed by atoms with Gasteiger partial charge in [-0.3, -0.25) is 19.0 Å². The molecule has 10 nitrogen and oxygen atoms in total. The molecule has 5 rings (SSSR count). The Bertz CT molecular complexity index is 1710. The van der Waals surface area contributed by atoms with Crippen LogP contribution in [0.2, 0.25) is 0 Å². The van der Waals surface area contributed by atoms with Crippen molar-refractivity contribution < 1.29 is 27.1 Å². The highest BCUT2D eigenvalue weighted by atomic mass is 32.2. The van der Waals surface area contributed by atoms with Crippen molar-refractivity contribution in [3.05, 3.63) is 81.1 Å². The van der Waals surface area contributed by atoms with Crippen LogP contribution in [-0.4, -0.2) is 42.6 Å². The van der Waals surface area contributed by atoms with E-state index in [-0.39, 0.29) is 41.9 Å². The third-order valence-electron chi connectivity index (χ3n) is 7.81. The molecule has 1 aromatic heterocycles. The molecule has 236 valence electrons. The number of aromatic nitrogens is 1. The van der Waals surface area contributed by atoms with Gasteiger partial charge < -0.3 is 14.8 Å². The normalized spacial score (nSPS) is 18.0. The molecule has 12 heteroatoms. The van der Waals surface area contributed by atoms with E-state index in [1.165, 1.54) is 9.47 Å². The van der Waals surface area contributed by atoms with Crippen molar-refractivity contribution >= 4 is 39.0 Å². The Morgan fingerprint density at radius 1 is 1.05 bits per heavy atom. The number of hydrogen-bond donors (Lipinski definition) is 2. The van der Waals surface area contributed by atoms with Crippen LogP contribution in [0, 0.1) is 13.8 Å². The van der Waals surface area contributed by atoms with E-state index in [1.54, 1.807) is 45.9 Å². The Kier molecular flexibility index (Phi) is 8.77. The van der Waals surface area contributed by atoms with Crippen molar-refractivity contribution in [3.8, 4) is 0 Å². The van der Waals surface area contributed by atoms with Gasteiger partial charge in [0, 0.05) is 29.9 Å². The summed E-state index contributed by atoms with van der Waals surface area (Å²) in [4.78, 5) is 28.1. The number of carbonyl (C=O) groups is 1. The minimum absolute atomic E-state index is 0.0319. The maximum absolute atomic E-state index is 14.0. The van der Waals surface area contributed by atoms with E-state index < -0.39 is 39.2 Å². The lowest BCUT2D eigenvalue weighted by Crippen LogP contribution is -2.44. The smallest absolute Gasteiger partial charge is 0.416 e. The Balaban J connectivity index is 1.50. The van der Waals surface area contributed by atoms with Crippen molar-refractivity contribution in [2.45, 2.75) is 84.2 Å². The fourth-order valence-corrected chi connectivity index (χ4v) is 6.97. The number of fused-ring (bicyclic) bond motifs is 1. The number of ether oxygens (including phenoxy) is 2. The highest BCUT2D eigenvalue weighted by Crippen LogP contribution is 2.42. The molecule has 0 radical (unpaired) electrons. The molecule has 2 N–H and O–H groups in total. The predicted octanol–water partition coefficient (Wildman–Crippen LogP) is 5.92. The number of sulfonamides is 1. The topological polar surface area (TPSA) is 119 Å². The molecule has 2 aromatic carbocycles. The number of aryl methyl sites for hydroxylation is 1. The first kappa shape index (κ1) is 31.5. The maximum atomic E-state index is 14.0. The number of amides is 1. The third-order valence-corrected chi connectivity index (χ3v) is 9.57. The van der Waals surface area contributed by atoms with Crippen LogP contribution in [0.5, 0.6) is 0 Å². The second kappa shape index (κ2) is 12.2. The van der Waals surface area contributed by atoms with Gasteiger partial charge in [0.15, 0.2) is 0 Å². The summed E-state index contributed by atoms with van der Waals surface area (Å²) in [7, 11) is -4.00. The highest BCUT2D eigenvalue weighted by molar-refractivity contribution is 7.93. The van der Waals surface area contributed by atoms with Gasteiger partial charge >= 0.3 is 6.09 Å². The lowest BCUT2D eigenvalue weighted by Gasteiger charge is -2.35. The fraction of sp³-hybridized carbons (Fsp3) is 0.438. The summed E-state index contributed by atoms with van der Waals surface area (Å²) in [5.41, 5.74) is 1.75. The quantitative estimate of drug-likeness (QED) is 0.303. The molecule has 2 aliphatic rings. The van der Waals surface area contributed by atoms with Gasteiger partial charge in [0.25, 0.3) is 5.56 Å². The van der Waals surface area contributed by atoms with Crippen molar-refractivity contribution in [1.82, 2.24) is 4.57 Å². The Hall–Kier alpha value is -3.90. The molecule has 44 heavy (non-hydrogen) atoms. The van der Waals surface area contributed by atoms with Crippen LogP contribution < -0.4 is 20.5 Å². The van der Waals surface area contributed by atoms with Crippen molar-refractivity contribution in [2.75, 3.05) is 21.5 Å². The van der Waals surface area contributed by atoms with Crippen LogP contribution >= 0.6 is 0 Å². The summed E-state index contributed by atoms with van der Waals surface area (Å²) in [5.74, 6) is 0.0750. The summed E-state index contributed by atoms with van der Waals surface area (Å²) < 4.78 is 57.3. The van der Waals surface area contributed by atoms with E-state index in [0.29, 0.717) is 30.7 Å². The van der Waals surface area contributed by atoms with Crippen LogP contribution in [0.4, 0.5) is 32.1 Å². The first-order chi connectivity index (χ1) is 20.8. The summed E-state index contributed by atoms with van der Waals surface area (Å²) in [5, 5.41) is 2.38. The molecule has 1 amide bonds. The van der Waals surface area contributed by atoms with Crippen LogP contribution in [-0.2, 0) is 39.3 Å². The number of nitrogens with one attached hydrogen (secondary N) is 2. The zero-order valence-corrected chi connectivity index (χ0v) is 26.5. The molecule has 2 heterocycles. The molecule has 1 fully saturated rings. The number of pyridine rings is 1. The summed E-state index contributed by atoms with van der Waals surface area (Å²) in [6.45, 7) is 8.46. The molecule has 0 spiro atoms. The Morgan fingerprint density at radius 3 is 2.41 bits per heavy atom. The maximum Gasteiger partial charge on any atom is 0.416 e. The van der Waals surface area contributed by atoms with Gasteiger partial charge in [-0.25, -0.2) is 17.6 Å². The average Bonchev–Trinajstić information content (AvgIpc) is 3.38. The van der Waals surface area contributed by atoms with Crippen molar-refractivity contribution in [1.29, 1.82) is 0 Å². The lowest BCUT2D eigenvalue weighted by atomic mass is 9.95. The van der Waals surface area contributed by atoms with Crippen molar-refractivity contribution in [2.24, 2.45) is 0 Å². The molecular weight excluding hydrogens is 587 g/mol. The van der Waals surface area contributed by atoms with Gasteiger partial charge in [0.1, 0.15) is 23.8 Å². The standard InChI is InChI=1S/C32H39FN4O6S/c1-20-11-12-26(23(15-20)18-33)34-27-21(2)30(38)36-13-14-37(31(39)43-32(3,4)5)29(36)28(27)35-44(40,41)25-16-24(17-25)42-19-22-9-7-6-8-10-22/h6-12,15,24-25,34-35H,13-14,16-19H2,1-5H3. The van der Waals surface area contributed by atoms with Crippen molar-refractivity contribution in [3.63, 3.8) is 0 Å². The van der Waals surface area contributed by atoms with E-state index in [2.05, 4.69) is 10.0 Å². The lowest BCUT2D eigenvalue weighted by molar-refractivity contribution is -0.00642. The minimum Gasteiger partial charge on any atom is -0.443 e. The van der Waals surface area contributed by atoms with Crippen LogP contribution in [0.15, 0.2) is 53.3 Å². The molecule has 3 aromatic rings. The number of anilines is 4. The number of carbonyl (C=O) groups excluding carboxylic acids is 1. The second-order valence-corrected chi connectivity index (χ2v) is 14.3. The molecule has 1 aliphatic carbocycles. The average molecular weight is 627 g/mol. The molecule has 1 aliphatic heterocycles. The molecule has 1 saturated carbocycles. The fourth-order valence-electron chi connectivity index (χ4n) is 5.39. The minimum atomic E-state index is -4.00. The van der Waals surface area contributed by atoms with Crippen LogP contribution in [0.1, 0.15) is 55.9 Å². The van der Waals surface area contributed by atoms with Gasteiger partial charge in [-0.05, 0) is 59.1 Å². The van der Waals surface area contributed by atoms with Gasteiger partial charge in [0.05, 0.1) is 23.6 Å². The molecular formula is C32H39FN4O6S. The van der Waals surface area contributed by atoms with Crippen LogP contribution in [0.25, 0.3) is 0 Å². The number of hydrogen-bond acceptors (Lipinski definition) is 7. The van der Waals surface area contributed by atoms with E-state index in [9.17, 15) is 22.4 Å². The number of rotatable bonds is 9. The Morgan fingerprint density at radius 2 is 1.75 bits per heavy atom. The summed E-state index contributed by atoms with van der Waals surface area (Å²) in [6, 6.07) is 14.8. The zero-order valence-electron chi connectivity index (χ0n) is 25.6. The van der Waals surface area contributed by atoms with E-state index in [1.807, 2.05) is 37.3 Å². The summed E-state index contributed by atoms with van der Waals surface area (Å²) in [6.07, 6.45) is -0.355. The molecule has 0 atom stereocenters. The first-order valence-corrected chi connectivity index (χ1v) is 16.2. The number of nitrogens with zero attached hydrogens (tertiary/aromatic N) is 2. The Labute approximate surface area is 257 Å². The van der Waals surface area contributed by atoms with E-state index in [0.717, 1.165) is 11.1 Å². The number of halogens is 1. The van der Waals surface area contributed by atoms with E-state index in [4.69, 9.17) is 9.47 Å². The summed E-state index contributed by atoms with van der Waals surface area (Å²) >= 11 is 0.